The van der Waals surface area contributed by atoms with Gasteiger partial charge in [-0.1, -0.05) is 38.1 Å². The molecule has 0 aliphatic carbocycles. The highest BCUT2D eigenvalue weighted by Crippen LogP contribution is 2.32. The molecule has 5 heteroatoms. The van der Waals surface area contributed by atoms with Crippen LogP contribution in [-0.4, -0.2) is 54.3 Å². The number of nitrogens with zero attached hydrogens (tertiary/aromatic N) is 2. The first-order valence-corrected chi connectivity index (χ1v) is 8.90. The van der Waals surface area contributed by atoms with Crippen molar-refractivity contribution in [3.8, 4) is 0 Å². The summed E-state index contributed by atoms with van der Waals surface area (Å²) in [7, 11) is 0. The molecule has 0 saturated carbocycles. The number of nitrogens with one attached hydrogen (secondary N) is 1. The molecular weight excluding hydrogens is 302 g/mol. The number of rotatable bonds is 7. The lowest BCUT2D eigenvalue weighted by Crippen LogP contribution is -2.42. The van der Waals surface area contributed by atoms with Crippen molar-refractivity contribution in [1.29, 1.82) is 0 Å². The molecule has 0 saturated heterocycles. The fourth-order valence-corrected chi connectivity index (χ4v) is 3.39. The summed E-state index contributed by atoms with van der Waals surface area (Å²) >= 11 is 0. The predicted octanol–water partition coefficient (Wildman–Crippen LogP) is 1.98. The molecule has 1 N–H and O–H groups in total. The highest BCUT2D eigenvalue weighted by atomic mass is 16.2. The molecule has 0 radical (unpaired) electrons. The van der Waals surface area contributed by atoms with Gasteiger partial charge in [0.05, 0.1) is 12.5 Å². The summed E-state index contributed by atoms with van der Waals surface area (Å²) < 4.78 is 0. The van der Waals surface area contributed by atoms with Gasteiger partial charge in [0, 0.05) is 26.6 Å². The molecule has 24 heavy (non-hydrogen) atoms. The summed E-state index contributed by atoms with van der Waals surface area (Å²) in [6.07, 6.45) is 1.19. The van der Waals surface area contributed by atoms with Gasteiger partial charge in [0.1, 0.15) is 0 Å². The van der Waals surface area contributed by atoms with Crippen molar-refractivity contribution in [2.24, 2.45) is 0 Å². The van der Waals surface area contributed by atoms with E-state index in [9.17, 15) is 9.59 Å². The Morgan fingerprint density at radius 3 is 2.62 bits per heavy atom. The second-order valence-corrected chi connectivity index (χ2v) is 6.26. The topological polar surface area (TPSA) is 52.7 Å². The van der Waals surface area contributed by atoms with Gasteiger partial charge in [-0.2, -0.15) is 0 Å². The van der Waals surface area contributed by atoms with Gasteiger partial charge in [-0.25, -0.2) is 0 Å². The van der Waals surface area contributed by atoms with Crippen LogP contribution in [0.5, 0.6) is 0 Å². The van der Waals surface area contributed by atoms with Crippen molar-refractivity contribution in [1.82, 2.24) is 15.1 Å². The van der Waals surface area contributed by atoms with E-state index in [4.69, 9.17) is 0 Å². The summed E-state index contributed by atoms with van der Waals surface area (Å²) in [4.78, 5) is 28.5. The second-order valence-electron chi connectivity index (χ2n) is 6.26. The van der Waals surface area contributed by atoms with Crippen LogP contribution >= 0.6 is 0 Å². The van der Waals surface area contributed by atoms with Gasteiger partial charge in [0.25, 0.3) is 0 Å². The largest absolute Gasteiger partial charge is 0.355 e. The first kappa shape index (κ1) is 18.5. The normalized spacial score (nSPS) is 16.8. The van der Waals surface area contributed by atoms with Crippen molar-refractivity contribution in [2.75, 3.05) is 32.7 Å². The molecule has 1 aromatic rings. The molecule has 0 bridgehead atoms. The minimum absolute atomic E-state index is 0.00936. The highest BCUT2D eigenvalue weighted by molar-refractivity contribution is 5.79. The first-order chi connectivity index (χ1) is 11.6. The SMILES string of the molecule is CCN(CC)CCNC(=O)CC1c2ccccc2CCN1C(C)=O. The van der Waals surface area contributed by atoms with Crippen molar-refractivity contribution in [2.45, 2.75) is 39.7 Å². The zero-order chi connectivity index (χ0) is 17.5. The van der Waals surface area contributed by atoms with E-state index >= 15 is 0 Å². The molecule has 0 fully saturated rings. The third-order valence-electron chi connectivity index (χ3n) is 4.84. The Hall–Kier alpha value is -1.88. The Labute approximate surface area is 145 Å². The van der Waals surface area contributed by atoms with E-state index in [-0.39, 0.29) is 17.9 Å². The molecule has 1 aliphatic heterocycles. The van der Waals surface area contributed by atoms with Gasteiger partial charge in [-0.05, 0) is 30.6 Å². The van der Waals surface area contributed by atoms with E-state index in [1.807, 2.05) is 23.1 Å². The molecule has 1 atom stereocenters. The van der Waals surface area contributed by atoms with Crippen molar-refractivity contribution in [3.05, 3.63) is 35.4 Å². The Balaban J connectivity index is 2.00. The number of amides is 2. The molecule has 1 unspecified atom stereocenters. The minimum atomic E-state index is -0.152. The number of hydrogen-bond acceptors (Lipinski definition) is 3. The number of likely N-dealkylation sites (N-methyl/N-ethyl adjacent to an activating group) is 1. The summed E-state index contributed by atoms with van der Waals surface area (Å²) in [5.41, 5.74) is 2.36. The lowest BCUT2D eigenvalue weighted by molar-refractivity contribution is -0.133. The molecule has 0 spiro atoms. The van der Waals surface area contributed by atoms with E-state index in [0.29, 0.717) is 19.5 Å². The minimum Gasteiger partial charge on any atom is -0.355 e. The van der Waals surface area contributed by atoms with Crippen LogP contribution in [0, 0.1) is 0 Å². The van der Waals surface area contributed by atoms with Crippen LogP contribution in [-0.2, 0) is 16.0 Å². The summed E-state index contributed by atoms with van der Waals surface area (Å²) in [6, 6.07) is 7.98. The predicted molar refractivity (Wildman–Crippen MR) is 95.7 cm³/mol. The molecule has 2 amide bonds. The third kappa shape index (κ3) is 4.57. The molecule has 0 aromatic heterocycles. The van der Waals surface area contributed by atoms with E-state index in [1.54, 1.807) is 6.92 Å². The Morgan fingerprint density at radius 1 is 1.25 bits per heavy atom. The van der Waals surface area contributed by atoms with Gasteiger partial charge >= 0.3 is 0 Å². The van der Waals surface area contributed by atoms with Gasteiger partial charge in [-0.3, -0.25) is 9.59 Å². The molecule has 1 aliphatic rings. The quantitative estimate of drug-likeness (QED) is 0.831. The van der Waals surface area contributed by atoms with Crippen LogP contribution in [0.1, 0.15) is 44.4 Å². The van der Waals surface area contributed by atoms with Gasteiger partial charge in [-0.15, -0.1) is 0 Å². The highest BCUT2D eigenvalue weighted by Gasteiger charge is 2.30. The molecule has 1 aromatic carbocycles. The monoisotopic (exact) mass is 331 g/mol. The zero-order valence-electron chi connectivity index (χ0n) is 15.0. The number of fused-ring (bicyclic) bond motifs is 1. The summed E-state index contributed by atoms with van der Waals surface area (Å²) in [5, 5.41) is 3.00. The van der Waals surface area contributed by atoms with Crippen molar-refractivity contribution in [3.63, 3.8) is 0 Å². The maximum absolute atomic E-state index is 12.4. The summed E-state index contributed by atoms with van der Waals surface area (Å²) in [5.74, 6) is 0.0422. The molecule has 1 heterocycles. The van der Waals surface area contributed by atoms with Gasteiger partial charge in [0.2, 0.25) is 11.8 Å². The Morgan fingerprint density at radius 2 is 1.96 bits per heavy atom. The third-order valence-corrected chi connectivity index (χ3v) is 4.84. The average Bonchev–Trinajstić information content (AvgIpc) is 2.58. The van der Waals surface area contributed by atoms with E-state index in [0.717, 1.165) is 31.6 Å². The van der Waals surface area contributed by atoms with Crippen LogP contribution in [0.25, 0.3) is 0 Å². The van der Waals surface area contributed by atoms with E-state index in [1.165, 1.54) is 5.56 Å². The maximum atomic E-state index is 12.4. The number of carbonyl (C=O) groups excluding carboxylic acids is 2. The fourth-order valence-electron chi connectivity index (χ4n) is 3.39. The van der Waals surface area contributed by atoms with Gasteiger partial charge in [0.15, 0.2) is 0 Å². The first-order valence-electron chi connectivity index (χ1n) is 8.90. The number of carbonyl (C=O) groups is 2. The molecule has 2 rings (SSSR count). The second kappa shape index (κ2) is 8.83. The van der Waals surface area contributed by atoms with Crippen LogP contribution in [0.4, 0.5) is 0 Å². The lowest BCUT2D eigenvalue weighted by atomic mass is 9.90. The molecule has 132 valence electrons. The molecule has 5 nitrogen and oxygen atoms in total. The fraction of sp³-hybridized carbons (Fsp3) is 0.579. The smallest absolute Gasteiger partial charge is 0.222 e. The van der Waals surface area contributed by atoms with E-state index in [2.05, 4.69) is 30.1 Å². The maximum Gasteiger partial charge on any atom is 0.222 e. The van der Waals surface area contributed by atoms with Crippen molar-refractivity contribution < 1.29 is 9.59 Å². The average molecular weight is 331 g/mol. The lowest BCUT2D eigenvalue weighted by Gasteiger charge is -2.36. The van der Waals surface area contributed by atoms with Crippen molar-refractivity contribution >= 4 is 11.8 Å². The number of benzene rings is 1. The molecular formula is C19H29N3O2. The number of hydrogen-bond donors (Lipinski definition) is 1. The van der Waals surface area contributed by atoms with Gasteiger partial charge < -0.3 is 15.1 Å². The van der Waals surface area contributed by atoms with Crippen LogP contribution in [0.2, 0.25) is 0 Å². The summed E-state index contributed by atoms with van der Waals surface area (Å²) in [6.45, 7) is 9.99. The van der Waals surface area contributed by atoms with Crippen LogP contribution in [0.3, 0.4) is 0 Å². The Bertz CT molecular complexity index is 569. The Kier molecular flexibility index (Phi) is 6.79. The van der Waals surface area contributed by atoms with Crippen LogP contribution < -0.4 is 5.32 Å². The standard InChI is InChI=1S/C19H29N3O2/c1-4-21(5-2)13-11-20-19(24)14-18-17-9-7-6-8-16(17)10-12-22(18)15(3)23/h6-9,18H,4-5,10-14H2,1-3H3,(H,20,24). The van der Waals surface area contributed by atoms with E-state index < -0.39 is 0 Å². The zero-order valence-corrected chi connectivity index (χ0v) is 15.0. The van der Waals surface area contributed by atoms with Crippen LogP contribution in [0.15, 0.2) is 24.3 Å².